The van der Waals surface area contributed by atoms with Crippen LogP contribution in [0.25, 0.3) is 0 Å². The van der Waals surface area contributed by atoms with Crippen molar-refractivity contribution in [2.24, 2.45) is 16.7 Å². The van der Waals surface area contributed by atoms with Crippen molar-refractivity contribution >= 4 is 11.9 Å². The van der Waals surface area contributed by atoms with Crippen molar-refractivity contribution in [3.05, 3.63) is 0 Å². The van der Waals surface area contributed by atoms with E-state index in [2.05, 4.69) is 31.0 Å². The number of piperidine rings is 1. The number of carbonyl (C=O) groups is 2. The predicted molar refractivity (Wildman–Crippen MR) is 108 cm³/mol. The molecule has 0 atom stereocenters. The summed E-state index contributed by atoms with van der Waals surface area (Å²) in [5, 5.41) is 3.13. The molecule has 2 rings (SSSR count). The van der Waals surface area contributed by atoms with E-state index in [9.17, 15) is 9.59 Å². The molecule has 1 saturated carbocycles. The van der Waals surface area contributed by atoms with Crippen LogP contribution in [0.3, 0.4) is 0 Å². The first-order valence-corrected chi connectivity index (χ1v) is 10.7. The Morgan fingerprint density at radius 2 is 1.48 bits per heavy atom. The molecule has 1 N–H and O–H groups in total. The zero-order valence-electron chi connectivity index (χ0n) is 18.3. The number of hydrogen-bond acceptors (Lipinski definition) is 4. The molecule has 0 aromatic carbocycles. The number of likely N-dealkylation sites (tertiary alicyclic amines) is 1. The minimum atomic E-state index is -0.356. The Balaban J connectivity index is 1.69. The maximum absolute atomic E-state index is 12.5. The fourth-order valence-corrected chi connectivity index (χ4v) is 3.99. The molecule has 0 spiro atoms. The smallest absolute Gasteiger partial charge is 0.309 e. The Bertz CT molecular complexity index is 503. The molecule has 5 nitrogen and oxygen atoms in total. The van der Waals surface area contributed by atoms with Crippen LogP contribution in [0.1, 0.15) is 80.1 Å². The third-order valence-electron chi connectivity index (χ3n) is 5.59. The van der Waals surface area contributed by atoms with Crippen LogP contribution in [-0.2, 0) is 14.3 Å². The molecule has 27 heavy (non-hydrogen) atoms. The van der Waals surface area contributed by atoms with E-state index in [1.165, 1.54) is 0 Å². The molecular weight excluding hydrogens is 340 g/mol. The Kier molecular flexibility index (Phi) is 7.34. The number of rotatable bonds is 4. The summed E-state index contributed by atoms with van der Waals surface area (Å²) in [5.74, 6) is 0.150. The quantitative estimate of drug-likeness (QED) is 0.755. The first kappa shape index (κ1) is 22.2. The lowest BCUT2D eigenvalue weighted by Crippen LogP contribution is -2.44. The van der Waals surface area contributed by atoms with Crippen LogP contribution < -0.4 is 5.32 Å². The molecule has 5 heteroatoms. The molecule has 2 fully saturated rings. The molecule has 1 saturated heterocycles. The standard InChI is InChI=1S/C22H40N2O3/c1-21(2,3)15-24-13-11-16(12-14-24)19(25)27-18-9-7-17(8-10-18)23-20(26)22(4,5)6/h16-18H,7-15H2,1-6H3,(H,23,26). The Morgan fingerprint density at radius 3 is 1.96 bits per heavy atom. The molecule has 1 aliphatic carbocycles. The van der Waals surface area contributed by atoms with Gasteiger partial charge in [0.05, 0.1) is 5.92 Å². The maximum Gasteiger partial charge on any atom is 0.309 e. The fraction of sp³-hybridized carbons (Fsp3) is 0.909. The van der Waals surface area contributed by atoms with Crippen LogP contribution in [-0.4, -0.2) is 48.6 Å². The van der Waals surface area contributed by atoms with Gasteiger partial charge in [-0.05, 0) is 57.0 Å². The highest BCUT2D eigenvalue weighted by molar-refractivity contribution is 5.81. The van der Waals surface area contributed by atoms with Crippen molar-refractivity contribution in [1.82, 2.24) is 10.2 Å². The molecule has 0 bridgehead atoms. The molecule has 0 aromatic heterocycles. The zero-order chi connectivity index (χ0) is 20.2. The van der Waals surface area contributed by atoms with E-state index in [-0.39, 0.29) is 35.4 Å². The van der Waals surface area contributed by atoms with Crippen LogP contribution >= 0.6 is 0 Å². The number of carbonyl (C=O) groups excluding carboxylic acids is 2. The van der Waals surface area contributed by atoms with Crippen molar-refractivity contribution < 1.29 is 14.3 Å². The van der Waals surface area contributed by atoms with Gasteiger partial charge in [-0.1, -0.05) is 41.5 Å². The van der Waals surface area contributed by atoms with Gasteiger partial charge >= 0.3 is 5.97 Å². The van der Waals surface area contributed by atoms with E-state index in [0.29, 0.717) is 5.41 Å². The summed E-state index contributed by atoms with van der Waals surface area (Å²) in [5.41, 5.74) is -0.0560. The fourth-order valence-electron chi connectivity index (χ4n) is 3.99. The van der Waals surface area contributed by atoms with Crippen molar-refractivity contribution in [1.29, 1.82) is 0 Å². The summed E-state index contributed by atoms with van der Waals surface area (Å²) in [7, 11) is 0. The Hall–Kier alpha value is -1.10. The van der Waals surface area contributed by atoms with Gasteiger partial charge in [-0.15, -0.1) is 0 Å². The van der Waals surface area contributed by atoms with Gasteiger partial charge in [0, 0.05) is 18.0 Å². The van der Waals surface area contributed by atoms with Gasteiger partial charge in [-0.2, -0.15) is 0 Å². The monoisotopic (exact) mass is 380 g/mol. The van der Waals surface area contributed by atoms with Crippen molar-refractivity contribution in [3.63, 3.8) is 0 Å². The average Bonchev–Trinajstić information content (AvgIpc) is 2.55. The molecular formula is C22H40N2O3. The first-order chi connectivity index (χ1) is 12.4. The summed E-state index contributed by atoms with van der Waals surface area (Å²) >= 11 is 0. The van der Waals surface area contributed by atoms with Crippen molar-refractivity contribution in [2.75, 3.05) is 19.6 Å². The highest BCUT2D eigenvalue weighted by Crippen LogP contribution is 2.27. The maximum atomic E-state index is 12.5. The molecule has 156 valence electrons. The largest absolute Gasteiger partial charge is 0.462 e. The van der Waals surface area contributed by atoms with Gasteiger partial charge in [0.25, 0.3) is 0 Å². The van der Waals surface area contributed by atoms with E-state index < -0.39 is 0 Å². The third kappa shape index (κ3) is 7.44. The predicted octanol–water partition coefficient (Wildman–Crippen LogP) is 3.76. The highest BCUT2D eigenvalue weighted by atomic mass is 16.5. The number of ether oxygens (including phenoxy) is 1. The lowest BCUT2D eigenvalue weighted by atomic mass is 9.90. The number of esters is 1. The van der Waals surface area contributed by atoms with E-state index in [0.717, 1.165) is 58.2 Å². The van der Waals surface area contributed by atoms with E-state index in [4.69, 9.17) is 4.74 Å². The van der Waals surface area contributed by atoms with Crippen LogP contribution in [0, 0.1) is 16.7 Å². The molecule has 2 aliphatic rings. The van der Waals surface area contributed by atoms with E-state index >= 15 is 0 Å². The molecule has 0 unspecified atom stereocenters. The van der Waals surface area contributed by atoms with Gasteiger partial charge < -0.3 is 15.0 Å². The van der Waals surface area contributed by atoms with Crippen LogP contribution in [0.2, 0.25) is 0 Å². The average molecular weight is 381 g/mol. The van der Waals surface area contributed by atoms with Gasteiger partial charge in [0.2, 0.25) is 5.91 Å². The minimum absolute atomic E-state index is 0.00687. The summed E-state index contributed by atoms with van der Waals surface area (Å²) in [6.45, 7) is 15.6. The van der Waals surface area contributed by atoms with Crippen molar-refractivity contribution in [3.8, 4) is 0 Å². The highest BCUT2D eigenvalue weighted by Gasteiger charge is 2.32. The second-order valence-electron chi connectivity index (χ2n) is 10.7. The van der Waals surface area contributed by atoms with Gasteiger partial charge in [-0.3, -0.25) is 9.59 Å². The van der Waals surface area contributed by atoms with Crippen LogP contribution in [0.15, 0.2) is 0 Å². The number of nitrogens with zero attached hydrogens (tertiary/aromatic N) is 1. The minimum Gasteiger partial charge on any atom is -0.462 e. The lowest BCUT2D eigenvalue weighted by molar-refractivity contribution is -0.157. The first-order valence-electron chi connectivity index (χ1n) is 10.7. The van der Waals surface area contributed by atoms with Gasteiger partial charge in [0.1, 0.15) is 6.10 Å². The van der Waals surface area contributed by atoms with Gasteiger partial charge in [-0.25, -0.2) is 0 Å². The second kappa shape index (κ2) is 8.93. The Morgan fingerprint density at radius 1 is 0.926 bits per heavy atom. The summed E-state index contributed by atoms with van der Waals surface area (Å²) < 4.78 is 5.82. The molecule has 1 amide bonds. The van der Waals surface area contributed by atoms with Gasteiger partial charge in [0.15, 0.2) is 0 Å². The molecule has 0 radical (unpaired) electrons. The summed E-state index contributed by atoms with van der Waals surface area (Å²) in [4.78, 5) is 27.1. The van der Waals surface area contributed by atoms with Crippen LogP contribution in [0.5, 0.6) is 0 Å². The van der Waals surface area contributed by atoms with E-state index in [1.807, 2.05) is 20.8 Å². The number of amides is 1. The number of hydrogen-bond donors (Lipinski definition) is 1. The molecule has 1 aliphatic heterocycles. The number of nitrogens with one attached hydrogen (secondary N) is 1. The van der Waals surface area contributed by atoms with Crippen molar-refractivity contribution in [2.45, 2.75) is 92.2 Å². The second-order valence-corrected chi connectivity index (χ2v) is 10.7. The lowest BCUT2D eigenvalue weighted by Gasteiger charge is -2.36. The van der Waals surface area contributed by atoms with Crippen LogP contribution in [0.4, 0.5) is 0 Å². The molecule has 1 heterocycles. The summed E-state index contributed by atoms with van der Waals surface area (Å²) in [6, 6.07) is 0.215. The topological polar surface area (TPSA) is 58.6 Å². The normalized spacial score (nSPS) is 25.9. The zero-order valence-corrected chi connectivity index (χ0v) is 18.3. The van der Waals surface area contributed by atoms with E-state index in [1.54, 1.807) is 0 Å². The molecule has 0 aromatic rings. The SMILES string of the molecule is CC(C)(C)CN1CCC(C(=O)OC2CCC(NC(=O)C(C)(C)C)CC2)CC1. The summed E-state index contributed by atoms with van der Waals surface area (Å²) in [6.07, 6.45) is 5.33. The third-order valence-corrected chi connectivity index (χ3v) is 5.59. The Labute approximate surface area is 165 Å².